The number of nitrogens with zero attached hydrogens (tertiary/aromatic N) is 2. The standard InChI is InChI=1S/C14H15N3O3/c1-11-3-2-4-13(9-11)20-8-7-15-12-5-6-14(16-10-12)17(18)19/h2-6,9-10,15H,7-8H2,1H3. The van der Waals surface area contributed by atoms with Crippen LogP contribution in [0.5, 0.6) is 5.75 Å². The molecule has 0 spiro atoms. The second-order valence-corrected chi connectivity index (χ2v) is 4.25. The number of nitro groups is 1. The quantitative estimate of drug-likeness (QED) is 0.497. The van der Waals surface area contributed by atoms with E-state index in [1.807, 2.05) is 31.2 Å². The number of hydrogen-bond donors (Lipinski definition) is 1. The topological polar surface area (TPSA) is 77.3 Å². The summed E-state index contributed by atoms with van der Waals surface area (Å²) in [4.78, 5) is 13.7. The van der Waals surface area contributed by atoms with Gasteiger partial charge >= 0.3 is 5.82 Å². The van der Waals surface area contributed by atoms with Crippen molar-refractivity contribution in [2.45, 2.75) is 6.92 Å². The van der Waals surface area contributed by atoms with Crippen molar-refractivity contribution >= 4 is 11.5 Å². The first kappa shape index (κ1) is 13.8. The van der Waals surface area contributed by atoms with E-state index in [0.717, 1.165) is 17.0 Å². The van der Waals surface area contributed by atoms with Crippen LogP contribution in [0.1, 0.15) is 5.56 Å². The van der Waals surface area contributed by atoms with Gasteiger partial charge in [-0.05, 0) is 40.6 Å². The van der Waals surface area contributed by atoms with Crippen molar-refractivity contribution in [1.29, 1.82) is 0 Å². The van der Waals surface area contributed by atoms with Crippen LogP contribution >= 0.6 is 0 Å². The van der Waals surface area contributed by atoms with E-state index in [0.29, 0.717) is 13.2 Å². The molecule has 0 aliphatic heterocycles. The molecule has 0 amide bonds. The molecular formula is C14H15N3O3. The van der Waals surface area contributed by atoms with Gasteiger partial charge in [0.25, 0.3) is 0 Å². The molecule has 1 heterocycles. The monoisotopic (exact) mass is 273 g/mol. The molecule has 0 bridgehead atoms. The van der Waals surface area contributed by atoms with Gasteiger partial charge in [0.2, 0.25) is 0 Å². The fourth-order valence-electron chi connectivity index (χ4n) is 1.67. The molecule has 0 radical (unpaired) electrons. The number of pyridine rings is 1. The van der Waals surface area contributed by atoms with Crippen LogP contribution in [0.2, 0.25) is 0 Å². The second kappa shape index (κ2) is 6.51. The van der Waals surface area contributed by atoms with Crippen molar-refractivity contribution < 1.29 is 9.66 Å². The Bertz CT molecular complexity index is 584. The summed E-state index contributed by atoms with van der Waals surface area (Å²) in [6.07, 6.45) is 1.44. The van der Waals surface area contributed by atoms with Crippen LogP contribution in [0.25, 0.3) is 0 Å². The molecule has 1 aromatic heterocycles. The summed E-state index contributed by atoms with van der Waals surface area (Å²) in [5, 5.41) is 13.5. The van der Waals surface area contributed by atoms with E-state index >= 15 is 0 Å². The molecule has 6 nitrogen and oxygen atoms in total. The molecule has 0 saturated carbocycles. The first-order chi connectivity index (χ1) is 9.65. The van der Waals surface area contributed by atoms with Gasteiger partial charge in [-0.2, -0.15) is 0 Å². The maximum absolute atomic E-state index is 10.5. The molecule has 0 fully saturated rings. The predicted molar refractivity (Wildman–Crippen MR) is 76.1 cm³/mol. The molecule has 1 N–H and O–H groups in total. The fourth-order valence-corrected chi connectivity index (χ4v) is 1.67. The Kier molecular flexibility index (Phi) is 4.49. The van der Waals surface area contributed by atoms with E-state index in [1.54, 1.807) is 6.07 Å². The Morgan fingerprint density at radius 1 is 1.35 bits per heavy atom. The van der Waals surface area contributed by atoms with Gasteiger partial charge in [0, 0.05) is 12.6 Å². The molecule has 0 aliphatic rings. The summed E-state index contributed by atoms with van der Waals surface area (Å²) in [6, 6.07) is 10.8. The molecule has 104 valence electrons. The smallest absolute Gasteiger partial charge is 0.363 e. The average molecular weight is 273 g/mol. The van der Waals surface area contributed by atoms with Crippen molar-refractivity contribution in [3.8, 4) is 5.75 Å². The fraction of sp³-hybridized carbons (Fsp3) is 0.214. The molecule has 2 rings (SSSR count). The third kappa shape index (κ3) is 3.94. The van der Waals surface area contributed by atoms with Gasteiger partial charge in [0.1, 0.15) is 12.4 Å². The highest BCUT2D eigenvalue weighted by Gasteiger charge is 2.05. The lowest BCUT2D eigenvalue weighted by Gasteiger charge is -2.08. The maximum Gasteiger partial charge on any atom is 0.363 e. The van der Waals surface area contributed by atoms with Crippen molar-refractivity contribution in [1.82, 2.24) is 4.98 Å². The second-order valence-electron chi connectivity index (χ2n) is 4.25. The lowest BCUT2D eigenvalue weighted by atomic mass is 10.2. The number of ether oxygens (including phenoxy) is 1. The van der Waals surface area contributed by atoms with Crippen molar-refractivity contribution in [2.75, 3.05) is 18.5 Å². The van der Waals surface area contributed by atoms with Crippen LogP contribution in [-0.2, 0) is 0 Å². The highest BCUT2D eigenvalue weighted by atomic mass is 16.6. The molecule has 0 saturated heterocycles. The minimum absolute atomic E-state index is 0.161. The Labute approximate surface area is 116 Å². The zero-order chi connectivity index (χ0) is 14.4. The van der Waals surface area contributed by atoms with Gasteiger partial charge in [-0.1, -0.05) is 12.1 Å². The van der Waals surface area contributed by atoms with E-state index in [9.17, 15) is 10.1 Å². The minimum Gasteiger partial charge on any atom is -0.492 e. The predicted octanol–water partition coefficient (Wildman–Crippen LogP) is 2.79. The molecule has 6 heteroatoms. The Morgan fingerprint density at radius 2 is 2.20 bits per heavy atom. The maximum atomic E-state index is 10.5. The summed E-state index contributed by atoms with van der Waals surface area (Å²) >= 11 is 0. The number of anilines is 1. The molecule has 0 atom stereocenters. The summed E-state index contributed by atoms with van der Waals surface area (Å²) in [7, 11) is 0. The van der Waals surface area contributed by atoms with Crippen LogP contribution in [0.4, 0.5) is 11.5 Å². The normalized spacial score (nSPS) is 10.1. The Balaban J connectivity index is 1.77. The summed E-state index contributed by atoms with van der Waals surface area (Å²) < 4.78 is 5.58. The number of aromatic nitrogens is 1. The van der Waals surface area contributed by atoms with Crippen LogP contribution < -0.4 is 10.1 Å². The van der Waals surface area contributed by atoms with Gasteiger partial charge in [0.15, 0.2) is 6.20 Å². The summed E-state index contributed by atoms with van der Waals surface area (Å²) in [6.45, 7) is 3.10. The minimum atomic E-state index is -0.523. The lowest BCUT2D eigenvalue weighted by Crippen LogP contribution is -2.11. The van der Waals surface area contributed by atoms with Gasteiger partial charge in [-0.15, -0.1) is 0 Å². The molecule has 1 aromatic carbocycles. The van der Waals surface area contributed by atoms with Crippen molar-refractivity contribution in [3.05, 3.63) is 58.3 Å². The average Bonchev–Trinajstić information content (AvgIpc) is 2.44. The van der Waals surface area contributed by atoms with E-state index in [2.05, 4.69) is 10.3 Å². The Morgan fingerprint density at radius 3 is 2.85 bits per heavy atom. The van der Waals surface area contributed by atoms with Crippen LogP contribution in [-0.4, -0.2) is 23.1 Å². The number of hydrogen-bond acceptors (Lipinski definition) is 5. The first-order valence-electron chi connectivity index (χ1n) is 6.19. The summed E-state index contributed by atoms with van der Waals surface area (Å²) in [5.41, 5.74) is 1.87. The third-order valence-corrected chi connectivity index (χ3v) is 2.62. The van der Waals surface area contributed by atoms with Gasteiger partial charge < -0.3 is 20.2 Å². The van der Waals surface area contributed by atoms with Gasteiger partial charge in [-0.25, -0.2) is 0 Å². The molecule has 0 unspecified atom stereocenters. The number of aryl methyl sites for hydroxylation is 1. The Hall–Kier alpha value is -2.63. The van der Waals surface area contributed by atoms with E-state index < -0.39 is 4.92 Å². The summed E-state index contributed by atoms with van der Waals surface area (Å²) in [5.74, 6) is 0.667. The van der Waals surface area contributed by atoms with E-state index in [4.69, 9.17) is 4.74 Å². The first-order valence-corrected chi connectivity index (χ1v) is 6.19. The van der Waals surface area contributed by atoms with Crippen LogP contribution in [0.3, 0.4) is 0 Å². The largest absolute Gasteiger partial charge is 0.492 e. The number of nitrogens with one attached hydrogen (secondary N) is 1. The van der Waals surface area contributed by atoms with Gasteiger partial charge in [0.05, 0.1) is 5.69 Å². The number of rotatable bonds is 6. The lowest BCUT2D eigenvalue weighted by molar-refractivity contribution is -0.389. The van der Waals surface area contributed by atoms with Gasteiger partial charge in [-0.3, -0.25) is 0 Å². The number of benzene rings is 1. The highest BCUT2D eigenvalue weighted by Crippen LogP contribution is 2.13. The molecule has 2 aromatic rings. The molecule has 0 aliphatic carbocycles. The molecular weight excluding hydrogens is 258 g/mol. The SMILES string of the molecule is Cc1cccc(OCCNc2ccc([N+](=O)[O-])nc2)c1. The van der Waals surface area contributed by atoms with Crippen LogP contribution in [0.15, 0.2) is 42.6 Å². The van der Waals surface area contributed by atoms with Crippen molar-refractivity contribution in [2.24, 2.45) is 0 Å². The zero-order valence-electron chi connectivity index (χ0n) is 11.1. The van der Waals surface area contributed by atoms with E-state index in [1.165, 1.54) is 12.3 Å². The zero-order valence-corrected chi connectivity index (χ0v) is 11.1. The highest BCUT2D eigenvalue weighted by molar-refractivity contribution is 5.43. The van der Waals surface area contributed by atoms with E-state index in [-0.39, 0.29) is 5.82 Å². The van der Waals surface area contributed by atoms with Crippen LogP contribution in [0, 0.1) is 17.0 Å². The third-order valence-electron chi connectivity index (χ3n) is 2.62. The van der Waals surface area contributed by atoms with Crippen molar-refractivity contribution in [3.63, 3.8) is 0 Å². The molecule has 20 heavy (non-hydrogen) atoms.